The Morgan fingerprint density at radius 1 is 1.45 bits per heavy atom. The van der Waals surface area contributed by atoms with Crippen molar-refractivity contribution < 1.29 is 10.2 Å². The van der Waals surface area contributed by atoms with Gasteiger partial charge in [0.15, 0.2) is 0 Å². The molecule has 1 aliphatic carbocycles. The lowest BCUT2D eigenvalue weighted by Gasteiger charge is -2.22. The highest BCUT2D eigenvalue weighted by molar-refractivity contribution is 5.87. The van der Waals surface area contributed by atoms with Crippen LogP contribution in [0, 0.1) is 10.1 Å². The Morgan fingerprint density at radius 3 is 2.95 bits per heavy atom. The van der Waals surface area contributed by atoms with Crippen molar-refractivity contribution in [3.8, 4) is 0 Å². The van der Waals surface area contributed by atoms with Crippen LogP contribution in [0.4, 0.5) is 5.69 Å². The summed E-state index contributed by atoms with van der Waals surface area (Å²) in [6.45, 7) is 4.39. The molecular weight excluding hydrogens is 254 g/mol. The highest BCUT2D eigenvalue weighted by Gasteiger charge is 2.27. The van der Waals surface area contributed by atoms with Crippen LogP contribution in [-0.2, 0) is 6.42 Å². The van der Waals surface area contributed by atoms with Crippen molar-refractivity contribution in [2.24, 2.45) is 0 Å². The average molecular weight is 274 g/mol. The molecule has 0 spiro atoms. The molecule has 0 radical (unpaired) electrons. The van der Waals surface area contributed by atoms with Crippen molar-refractivity contribution in [3.05, 3.63) is 39.6 Å². The fraction of sp³-hybridized carbons (Fsp3) is 0.467. The molecule has 0 saturated heterocycles. The quantitative estimate of drug-likeness (QED) is 0.666. The van der Waals surface area contributed by atoms with E-state index < -0.39 is 0 Å². The third-order valence-electron chi connectivity index (χ3n) is 4.06. The van der Waals surface area contributed by atoms with Crippen molar-refractivity contribution in [2.75, 3.05) is 0 Å². The SMILES string of the molecule is CC(C)[NH2+][C@@H]1CCCc2c1[nH]c1ccc([N+](=O)[O-])cc21. The average Bonchev–Trinajstić information content (AvgIpc) is 2.77. The van der Waals surface area contributed by atoms with Gasteiger partial charge in [0.2, 0.25) is 0 Å². The number of nitrogens with zero attached hydrogens (tertiary/aromatic N) is 1. The van der Waals surface area contributed by atoms with Crippen molar-refractivity contribution >= 4 is 16.6 Å². The molecular formula is C15H20N3O2+. The lowest BCUT2D eigenvalue weighted by molar-refractivity contribution is -0.723. The standard InChI is InChI=1S/C15H19N3O2/c1-9(2)16-14-5-3-4-11-12-8-10(18(19)20)6-7-13(12)17-15(11)14/h6-9,14,16-17H,3-5H2,1-2H3/p+1/t14-/m1/s1. The number of non-ortho nitro benzene ring substituents is 1. The summed E-state index contributed by atoms with van der Waals surface area (Å²) < 4.78 is 0. The number of nitro groups is 1. The number of nitro benzene ring substituents is 1. The molecule has 0 bridgehead atoms. The van der Waals surface area contributed by atoms with Gasteiger partial charge in [-0.25, -0.2) is 0 Å². The maximum absolute atomic E-state index is 10.9. The van der Waals surface area contributed by atoms with E-state index in [0.29, 0.717) is 12.1 Å². The molecule has 0 unspecified atom stereocenters. The minimum absolute atomic E-state index is 0.175. The zero-order valence-electron chi connectivity index (χ0n) is 11.8. The first-order chi connectivity index (χ1) is 9.56. The van der Waals surface area contributed by atoms with E-state index in [1.165, 1.54) is 17.7 Å². The van der Waals surface area contributed by atoms with Gasteiger partial charge in [-0.3, -0.25) is 10.1 Å². The number of aryl methyl sites for hydroxylation is 1. The molecule has 0 fully saturated rings. The van der Waals surface area contributed by atoms with Gasteiger partial charge in [-0.2, -0.15) is 0 Å². The van der Waals surface area contributed by atoms with Crippen molar-refractivity contribution in [1.29, 1.82) is 0 Å². The second-order valence-electron chi connectivity index (χ2n) is 5.94. The first kappa shape index (κ1) is 13.1. The summed E-state index contributed by atoms with van der Waals surface area (Å²) >= 11 is 0. The zero-order valence-corrected chi connectivity index (χ0v) is 11.8. The number of aromatic amines is 1. The van der Waals surface area contributed by atoms with E-state index in [-0.39, 0.29) is 10.6 Å². The van der Waals surface area contributed by atoms with Crippen LogP contribution in [0.1, 0.15) is 44.0 Å². The van der Waals surface area contributed by atoms with Crippen LogP contribution in [0.2, 0.25) is 0 Å². The van der Waals surface area contributed by atoms with E-state index >= 15 is 0 Å². The van der Waals surface area contributed by atoms with E-state index in [2.05, 4.69) is 24.1 Å². The van der Waals surface area contributed by atoms with E-state index in [9.17, 15) is 10.1 Å². The number of hydrogen-bond donors (Lipinski definition) is 2. The van der Waals surface area contributed by atoms with Gasteiger partial charge < -0.3 is 10.3 Å². The number of rotatable bonds is 3. The molecule has 106 valence electrons. The number of nitrogens with one attached hydrogen (secondary N) is 1. The van der Waals surface area contributed by atoms with Crippen molar-refractivity contribution in [2.45, 2.75) is 45.2 Å². The normalized spacial score (nSPS) is 18.4. The summed E-state index contributed by atoms with van der Waals surface area (Å²) in [5.41, 5.74) is 3.73. The zero-order chi connectivity index (χ0) is 14.3. The summed E-state index contributed by atoms with van der Waals surface area (Å²) in [5.74, 6) is 0. The van der Waals surface area contributed by atoms with Crippen LogP contribution >= 0.6 is 0 Å². The van der Waals surface area contributed by atoms with Crippen molar-refractivity contribution in [1.82, 2.24) is 4.98 Å². The lowest BCUT2D eigenvalue weighted by Crippen LogP contribution is -2.89. The molecule has 20 heavy (non-hydrogen) atoms. The number of nitrogens with two attached hydrogens (primary N) is 1. The predicted octanol–water partition coefficient (Wildman–Crippen LogP) is 2.43. The first-order valence-electron chi connectivity index (χ1n) is 7.20. The van der Waals surface area contributed by atoms with Gasteiger partial charge >= 0.3 is 0 Å². The van der Waals surface area contributed by atoms with E-state index in [1.807, 2.05) is 6.07 Å². The Balaban J connectivity index is 2.10. The van der Waals surface area contributed by atoms with E-state index in [1.54, 1.807) is 12.1 Å². The molecule has 1 atom stereocenters. The second-order valence-corrected chi connectivity index (χ2v) is 5.94. The molecule has 0 aliphatic heterocycles. The second kappa shape index (κ2) is 4.90. The Bertz CT molecular complexity index is 660. The number of benzene rings is 1. The number of H-pyrrole nitrogens is 1. The highest BCUT2D eigenvalue weighted by atomic mass is 16.6. The van der Waals surface area contributed by atoms with Crippen LogP contribution in [0.15, 0.2) is 18.2 Å². The number of hydrogen-bond acceptors (Lipinski definition) is 2. The molecule has 5 nitrogen and oxygen atoms in total. The van der Waals surface area contributed by atoms with Crippen LogP contribution in [0.25, 0.3) is 10.9 Å². The van der Waals surface area contributed by atoms with Gasteiger partial charge in [-0.1, -0.05) is 0 Å². The molecule has 0 saturated carbocycles. The van der Waals surface area contributed by atoms with Crippen LogP contribution in [-0.4, -0.2) is 15.9 Å². The van der Waals surface area contributed by atoms with E-state index in [0.717, 1.165) is 23.7 Å². The lowest BCUT2D eigenvalue weighted by atomic mass is 9.91. The summed E-state index contributed by atoms with van der Waals surface area (Å²) in [4.78, 5) is 14.1. The highest BCUT2D eigenvalue weighted by Crippen LogP contribution is 2.34. The van der Waals surface area contributed by atoms with Crippen LogP contribution < -0.4 is 5.32 Å². The fourth-order valence-electron chi connectivity index (χ4n) is 3.26. The molecule has 1 aromatic carbocycles. The minimum Gasteiger partial charge on any atom is -0.353 e. The topological polar surface area (TPSA) is 75.5 Å². The van der Waals surface area contributed by atoms with Gasteiger partial charge in [-0.15, -0.1) is 0 Å². The molecule has 0 amide bonds. The molecule has 3 rings (SSSR count). The summed E-state index contributed by atoms with van der Waals surface area (Å²) in [6, 6.07) is 6.11. The smallest absolute Gasteiger partial charge is 0.270 e. The number of quaternary nitrogens is 1. The molecule has 5 heteroatoms. The Hall–Kier alpha value is -1.88. The Kier molecular flexibility index (Phi) is 3.22. The summed E-state index contributed by atoms with van der Waals surface area (Å²) in [5, 5.41) is 14.3. The van der Waals surface area contributed by atoms with Gasteiger partial charge in [-0.05, 0) is 38.3 Å². The molecule has 1 aromatic heterocycles. The van der Waals surface area contributed by atoms with Crippen molar-refractivity contribution in [3.63, 3.8) is 0 Å². The predicted molar refractivity (Wildman–Crippen MR) is 77.7 cm³/mol. The monoisotopic (exact) mass is 274 g/mol. The number of fused-ring (bicyclic) bond motifs is 3. The number of aromatic nitrogens is 1. The Labute approximate surface area is 117 Å². The van der Waals surface area contributed by atoms with Gasteiger partial charge in [0.05, 0.1) is 16.7 Å². The van der Waals surface area contributed by atoms with E-state index in [4.69, 9.17) is 0 Å². The molecule has 1 heterocycles. The summed E-state index contributed by atoms with van der Waals surface area (Å²) in [7, 11) is 0. The van der Waals surface area contributed by atoms with Gasteiger partial charge in [0.1, 0.15) is 6.04 Å². The fourth-order valence-corrected chi connectivity index (χ4v) is 3.26. The Morgan fingerprint density at radius 2 is 2.25 bits per heavy atom. The minimum atomic E-state index is -0.320. The third kappa shape index (κ3) is 2.18. The maximum atomic E-state index is 10.9. The van der Waals surface area contributed by atoms with Crippen LogP contribution in [0.5, 0.6) is 0 Å². The van der Waals surface area contributed by atoms with Gasteiger partial charge in [0.25, 0.3) is 5.69 Å². The third-order valence-corrected chi connectivity index (χ3v) is 4.06. The first-order valence-corrected chi connectivity index (χ1v) is 7.20. The largest absolute Gasteiger partial charge is 0.353 e. The molecule has 1 aliphatic rings. The maximum Gasteiger partial charge on any atom is 0.270 e. The molecule has 2 aromatic rings. The van der Waals surface area contributed by atoms with Gasteiger partial charge in [0, 0.05) is 29.5 Å². The molecule has 3 N–H and O–H groups in total. The summed E-state index contributed by atoms with van der Waals surface area (Å²) in [6.07, 6.45) is 3.33. The van der Waals surface area contributed by atoms with Crippen LogP contribution in [0.3, 0.4) is 0 Å².